The first-order valence-electron chi connectivity index (χ1n) is 18.2. The second-order valence-electron chi connectivity index (χ2n) is 13.3. The maximum Gasteiger partial charge on any atom is 0.530 e. The van der Waals surface area contributed by atoms with Gasteiger partial charge < -0.3 is 27.4 Å². The number of hydrogen-bond acceptors (Lipinski definition) is 6. The van der Waals surface area contributed by atoms with E-state index in [0.29, 0.717) is 46.8 Å². The quantitative estimate of drug-likeness (QED) is 0.0342. The first-order valence-corrected chi connectivity index (χ1v) is 20.9. The van der Waals surface area contributed by atoms with Gasteiger partial charge in [0.1, 0.15) is 17.3 Å². The van der Waals surface area contributed by atoms with E-state index in [4.69, 9.17) is 27.4 Å². The summed E-state index contributed by atoms with van der Waals surface area (Å²) in [4.78, 5) is 0. The molecule has 0 radical (unpaired) electrons. The van der Waals surface area contributed by atoms with Gasteiger partial charge >= 0.3 is 8.60 Å². The van der Waals surface area contributed by atoms with Gasteiger partial charge in [-0.25, -0.2) is 0 Å². The third kappa shape index (κ3) is 9.44. The molecule has 0 aromatic heterocycles. The van der Waals surface area contributed by atoms with Crippen molar-refractivity contribution >= 4 is 39.9 Å². The summed E-state index contributed by atoms with van der Waals surface area (Å²) < 4.78 is 39.2. The van der Waals surface area contributed by atoms with Crippen molar-refractivity contribution in [1.82, 2.24) is 0 Å². The van der Waals surface area contributed by atoms with Crippen LogP contribution in [0.2, 0.25) is 0 Å². The van der Waals surface area contributed by atoms with E-state index < -0.39 is 17.0 Å². The highest BCUT2D eigenvalue weighted by Gasteiger charge is 2.29. The molecule has 6 nitrogen and oxygen atoms in total. The van der Waals surface area contributed by atoms with Crippen molar-refractivity contribution in [3.05, 3.63) is 168 Å². The van der Waals surface area contributed by atoms with Crippen LogP contribution in [0.3, 0.4) is 0 Å². The number of para-hydroxylation sites is 2. The molecule has 1 heterocycles. The van der Waals surface area contributed by atoms with Gasteiger partial charge in [-0.1, -0.05) is 111 Å². The van der Waals surface area contributed by atoms with E-state index in [1.54, 1.807) is 0 Å². The van der Waals surface area contributed by atoms with Gasteiger partial charge in [0.2, 0.25) is 0 Å². The van der Waals surface area contributed by atoms with Gasteiger partial charge in [0, 0.05) is 24.2 Å². The lowest BCUT2D eigenvalue weighted by molar-refractivity contribution is 0.329. The first-order chi connectivity index (χ1) is 26.4. The average Bonchev–Trinajstić information content (AvgIpc) is 3.41. The van der Waals surface area contributed by atoms with Gasteiger partial charge in [0.25, 0.3) is 8.38 Å². The number of rotatable bonds is 15. The molecule has 1 aliphatic heterocycles. The number of benzene rings is 5. The lowest BCUT2D eigenvalue weighted by atomic mass is 10.00. The van der Waals surface area contributed by atoms with Crippen LogP contribution in [0, 0.1) is 5.92 Å². The van der Waals surface area contributed by atoms with Crippen molar-refractivity contribution in [2.75, 3.05) is 6.66 Å². The van der Waals surface area contributed by atoms with Gasteiger partial charge in [-0.2, -0.15) is 0 Å². The smallest absolute Gasteiger partial charge is 0.449 e. The van der Waals surface area contributed by atoms with Gasteiger partial charge in [0.15, 0.2) is 23.0 Å². The Kier molecular flexibility index (Phi) is 12.1. The zero-order valence-corrected chi connectivity index (χ0v) is 32.6. The van der Waals surface area contributed by atoms with Crippen LogP contribution in [0.4, 0.5) is 0 Å². The topological polar surface area (TPSA) is 55.4 Å². The van der Waals surface area contributed by atoms with Crippen molar-refractivity contribution in [2.24, 2.45) is 5.92 Å². The summed E-state index contributed by atoms with van der Waals surface area (Å²) in [6.07, 6.45) is 19.8. The minimum absolute atomic E-state index is 0.336. The lowest BCUT2D eigenvalue weighted by Crippen LogP contribution is -2.07. The van der Waals surface area contributed by atoms with Crippen molar-refractivity contribution in [3.8, 4) is 34.5 Å². The van der Waals surface area contributed by atoms with Gasteiger partial charge in [-0.15, -0.1) is 6.58 Å². The summed E-state index contributed by atoms with van der Waals surface area (Å²) >= 11 is 0. The fourth-order valence-electron chi connectivity index (χ4n) is 6.06. The zero-order chi connectivity index (χ0) is 37.3. The van der Waals surface area contributed by atoms with E-state index in [1.165, 1.54) is 5.56 Å². The number of fused-ring (bicyclic) bond motifs is 4. The molecule has 54 heavy (non-hydrogen) atoms. The molecule has 0 bridgehead atoms. The van der Waals surface area contributed by atoms with Crippen LogP contribution in [-0.2, 0) is 10.9 Å². The molecule has 0 amide bonds. The number of hydrogen-bond donors (Lipinski definition) is 0. The molecule has 5 aromatic carbocycles. The highest BCUT2D eigenvalue weighted by molar-refractivity contribution is 7.47. The van der Waals surface area contributed by atoms with Crippen LogP contribution in [0.1, 0.15) is 55.4 Å². The fourth-order valence-corrected chi connectivity index (χ4v) is 7.94. The SMILES string of the molecule is C=CCC/C=C(\C=C/C(C)C)OP(Oc1ccc2ccccc2c1)Oc1cccc2c1Oc1c(cccc1OP(C)Oc1ccc3c(c1)C=CCC=C3)C2. The standard InChI is InChI=1S/C46H44O6P2/c1-5-6-8-21-40(27-24-33(2)3)49-54(50-42-29-26-35-16-11-12-18-37(35)32-42)52-44-23-14-20-39-30-38-19-13-22-43(45(38)47-46(39)44)51-53(4)48-41-28-25-34-15-9-7-10-17-36(34)31-41/h5,9-29,31-33H,1,6-8,30H2,2-4H3/b27-24-,40-21+. The Balaban J connectivity index is 1.14. The Morgan fingerprint density at radius 3 is 2.20 bits per heavy atom. The van der Waals surface area contributed by atoms with E-state index in [9.17, 15) is 0 Å². The molecule has 0 spiro atoms. The summed E-state index contributed by atoms with van der Waals surface area (Å²) in [6, 6.07) is 32.2. The molecule has 0 fully saturated rings. The predicted octanol–water partition coefficient (Wildman–Crippen LogP) is 14.1. The van der Waals surface area contributed by atoms with E-state index in [-0.39, 0.29) is 0 Å². The zero-order valence-electron chi connectivity index (χ0n) is 30.8. The highest BCUT2D eigenvalue weighted by atomic mass is 31.2. The number of allylic oxidation sites excluding steroid dienone is 6. The van der Waals surface area contributed by atoms with Gasteiger partial charge in [-0.3, -0.25) is 0 Å². The first kappa shape index (κ1) is 37.1. The molecular weight excluding hydrogens is 710 g/mol. The van der Waals surface area contributed by atoms with Crippen molar-refractivity contribution in [1.29, 1.82) is 0 Å². The van der Waals surface area contributed by atoms with Crippen molar-refractivity contribution < 1.29 is 27.4 Å². The Morgan fingerprint density at radius 2 is 1.44 bits per heavy atom. The van der Waals surface area contributed by atoms with E-state index >= 15 is 0 Å². The maximum atomic E-state index is 6.70. The molecular formula is C46H44O6P2. The van der Waals surface area contributed by atoms with Crippen molar-refractivity contribution in [2.45, 2.75) is 39.5 Å². The Bertz CT molecular complexity index is 2240. The third-order valence-electron chi connectivity index (χ3n) is 8.71. The van der Waals surface area contributed by atoms with Crippen LogP contribution in [0.5, 0.6) is 34.5 Å². The fraction of sp³-hybridized carbons (Fsp3) is 0.174. The molecule has 8 heteroatoms. The minimum atomic E-state index is -1.98. The van der Waals surface area contributed by atoms with Crippen LogP contribution in [0.15, 0.2) is 146 Å². The monoisotopic (exact) mass is 754 g/mol. The number of ether oxygens (including phenoxy) is 1. The van der Waals surface area contributed by atoms with Gasteiger partial charge in [-0.05, 0) is 95.6 Å². The molecule has 0 saturated carbocycles. The summed E-state index contributed by atoms with van der Waals surface area (Å²) in [6.45, 7) is 10.1. The third-order valence-corrected chi connectivity index (χ3v) is 10.7. The van der Waals surface area contributed by atoms with E-state index in [2.05, 4.69) is 87.2 Å². The molecule has 274 valence electrons. The molecule has 0 N–H and O–H groups in total. The van der Waals surface area contributed by atoms with Crippen LogP contribution in [0.25, 0.3) is 22.9 Å². The largest absolute Gasteiger partial charge is 0.530 e. The molecule has 2 unspecified atom stereocenters. The molecule has 0 saturated heterocycles. The Hall–Kier alpha value is -5.28. The second kappa shape index (κ2) is 17.7. The summed E-state index contributed by atoms with van der Waals surface area (Å²) in [5.41, 5.74) is 4.29. The summed E-state index contributed by atoms with van der Waals surface area (Å²) in [7, 11) is -3.31. The van der Waals surface area contributed by atoms with Crippen LogP contribution >= 0.6 is 17.0 Å². The normalized spacial score (nSPS) is 14.3. The molecule has 2 atom stereocenters. The van der Waals surface area contributed by atoms with E-state index in [0.717, 1.165) is 52.5 Å². The molecule has 7 rings (SSSR count). The minimum Gasteiger partial charge on any atom is -0.449 e. The van der Waals surface area contributed by atoms with Crippen LogP contribution < -0.4 is 22.8 Å². The second-order valence-corrected chi connectivity index (χ2v) is 15.5. The number of unbranched alkanes of at least 4 members (excludes halogenated alkanes) is 1. The lowest BCUT2D eigenvalue weighted by Gasteiger charge is -2.26. The van der Waals surface area contributed by atoms with Gasteiger partial charge in [0.05, 0.1) is 0 Å². The van der Waals surface area contributed by atoms with Crippen LogP contribution in [-0.4, -0.2) is 6.66 Å². The van der Waals surface area contributed by atoms with E-state index in [1.807, 2.05) is 85.6 Å². The highest BCUT2D eigenvalue weighted by Crippen LogP contribution is 2.53. The average molecular weight is 755 g/mol. The Labute approximate surface area is 321 Å². The molecule has 1 aliphatic carbocycles. The summed E-state index contributed by atoms with van der Waals surface area (Å²) in [5, 5.41) is 2.18. The van der Waals surface area contributed by atoms with Crippen molar-refractivity contribution in [3.63, 3.8) is 0 Å². The maximum absolute atomic E-state index is 6.70. The summed E-state index contributed by atoms with van der Waals surface area (Å²) in [5.74, 6) is 4.76. The molecule has 2 aliphatic rings. The Morgan fingerprint density at radius 1 is 0.741 bits per heavy atom. The predicted molar refractivity (Wildman–Crippen MR) is 224 cm³/mol. The molecule has 5 aromatic rings.